The SMILES string of the molecule is F[P-](F)(F)(F)(F)F.[Rh]. The van der Waals surface area contributed by atoms with Crippen molar-refractivity contribution in [2.45, 2.75) is 0 Å². The summed E-state index contributed by atoms with van der Waals surface area (Å²) >= 11 is 0. The summed E-state index contributed by atoms with van der Waals surface area (Å²) < 4.78 is 59.2. The van der Waals surface area contributed by atoms with Crippen LogP contribution in [0.4, 0.5) is 25.2 Å². The molecule has 0 aromatic heterocycles. The summed E-state index contributed by atoms with van der Waals surface area (Å²) in [6, 6.07) is 0. The maximum atomic E-state index is 9.87. The zero-order chi connectivity index (χ0) is 6.41. The van der Waals surface area contributed by atoms with Gasteiger partial charge in [-0.25, -0.2) is 0 Å². The minimum atomic E-state index is -10.7. The van der Waals surface area contributed by atoms with Crippen LogP contribution in [-0.4, -0.2) is 0 Å². The molecule has 0 N–H and O–H groups in total. The van der Waals surface area contributed by atoms with Crippen LogP contribution < -0.4 is 0 Å². The van der Waals surface area contributed by atoms with Gasteiger partial charge in [0.15, 0.2) is 0 Å². The van der Waals surface area contributed by atoms with Crippen molar-refractivity contribution in [2.75, 3.05) is 0 Å². The Labute approximate surface area is 53.2 Å². The average Bonchev–Trinajstić information content (AvgIpc) is 0.592. The molecule has 1 radical (unpaired) electrons. The third kappa shape index (κ3) is 525. The Morgan fingerprint density at radius 1 is 0.625 bits per heavy atom. The van der Waals surface area contributed by atoms with E-state index in [0.29, 0.717) is 0 Å². The number of hydrogen-bond acceptors (Lipinski definition) is 0. The molecule has 0 nitrogen and oxygen atoms in total. The van der Waals surface area contributed by atoms with Crippen LogP contribution in [0.5, 0.6) is 0 Å². The largest absolute Gasteiger partial charge is 0 e. The van der Waals surface area contributed by atoms with E-state index in [1.807, 2.05) is 0 Å². The molecular weight excluding hydrogens is 248 g/mol. The van der Waals surface area contributed by atoms with Gasteiger partial charge in [0.05, 0.1) is 0 Å². The Hall–Kier alpha value is 0.633. The van der Waals surface area contributed by atoms with E-state index in [4.69, 9.17) is 0 Å². The number of rotatable bonds is 0. The molecule has 8 heteroatoms. The van der Waals surface area contributed by atoms with Crippen LogP contribution in [0.15, 0.2) is 0 Å². The summed E-state index contributed by atoms with van der Waals surface area (Å²) in [4.78, 5) is 0. The van der Waals surface area contributed by atoms with Gasteiger partial charge in [0.2, 0.25) is 0 Å². The second kappa shape index (κ2) is 1.37. The Balaban J connectivity index is 0. The van der Waals surface area contributed by atoms with Crippen molar-refractivity contribution < 1.29 is 44.7 Å². The van der Waals surface area contributed by atoms with E-state index in [1.165, 1.54) is 0 Å². The molecule has 0 spiro atoms. The summed E-state index contributed by atoms with van der Waals surface area (Å²) in [5, 5.41) is 0. The number of halogens is 6. The summed E-state index contributed by atoms with van der Waals surface area (Å²) in [6.45, 7) is 0. The molecule has 0 heterocycles. The first-order valence-electron chi connectivity index (χ1n) is 1.01. The predicted molar refractivity (Wildman–Crippen MR) is 13.6 cm³/mol. The second-order valence-electron chi connectivity index (χ2n) is 0.958. The molecule has 0 aliphatic carbocycles. The minimum Gasteiger partial charge on any atom is 0 e. The summed E-state index contributed by atoms with van der Waals surface area (Å²) in [6.07, 6.45) is 0. The van der Waals surface area contributed by atoms with E-state index in [0.717, 1.165) is 0 Å². The molecule has 0 aliphatic rings. The van der Waals surface area contributed by atoms with Crippen LogP contribution in [0.25, 0.3) is 0 Å². The van der Waals surface area contributed by atoms with E-state index in [2.05, 4.69) is 0 Å². The van der Waals surface area contributed by atoms with Gasteiger partial charge in [-0.1, -0.05) is 0 Å². The standard InChI is InChI=1S/F6P.Rh/c1-7(2,3,4,5)6;/q-1;. The summed E-state index contributed by atoms with van der Waals surface area (Å²) in [5.74, 6) is 0. The van der Waals surface area contributed by atoms with Crippen molar-refractivity contribution in [3.8, 4) is 0 Å². The van der Waals surface area contributed by atoms with Gasteiger partial charge < -0.3 is 0 Å². The van der Waals surface area contributed by atoms with Crippen LogP contribution in [0.1, 0.15) is 0 Å². The first kappa shape index (κ1) is 11.4. The third-order valence-corrected chi connectivity index (χ3v) is 0. The molecule has 0 bridgehead atoms. The quantitative estimate of drug-likeness (QED) is 0.350. The van der Waals surface area contributed by atoms with Crippen molar-refractivity contribution in [2.24, 2.45) is 0 Å². The van der Waals surface area contributed by atoms with Crippen LogP contribution in [0.3, 0.4) is 0 Å². The van der Waals surface area contributed by atoms with Gasteiger partial charge in [0.25, 0.3) is 0 Å². The second-order valence-corrected chi connectivity index (χ2v) is 2.87. The molecule has 0 aliphatic heterocycles. The van der Waals surface area contributed by atoms with E-state index in [-0.39, 0.29) is 19.5 Å². The molecule has 0 aromatic rings. The molecule has 8 heavy (non-hydrogen) atoms. The van der Waals surface area contributed by atoms with Crippen LogP contribution in [-0.2, 0) is 19.5 Å². The molecule has 0 aromatic carbocycles. The van der Waals surface area contributed by atoms with Gasteiger partial charge >= 0.3 is 33.0 Å². The Bertz CT molecular complexity index is 67.1. The topological polar surface area (TPSA) is 0 Å². The maximum Gasteiger partial charge on any atom is 0 e. The molecule has 0 saturated carbocycles. The van der Waals surface area contributed by atoms with Gasteiger partial charge in [-0.15, -0.1) is 0 Å². The van der Waals surface area contributed by atoms with Crippen LogP contribution in [0.2, 0.25) is 0 Å². The third-order valence-electron chi connectivity index (χ3n) is 0. The molecular formula is F6PRh-. The van der Waals surface area contributed by atoms with Crippen molar-refractivity contribution in [1.82, 2.24) is 0 Å². The fourth-order valence-corrected chi connectivity index (χ4v) is 0. The Kier molecular flexibility index (Phi) is 1.96. The van der Waals surface area contributed by atoms with E-state index in [1.54, 1.807) is 0 Å². The monoisotopic (exact) mass is 248 g/mol. The Morgan fingerprint density at radius 3 is 0.625 bits per heavy atom. The van der Waals surface area contributed by atoms with Crippen LogP contribution in [0, 0.1) is 0 Å². The van der Waals surface area contributed by atoms with Gasteiger partial charge in [-0.2, -0.15) is 0 Å². The molecule has 57 valence electrons. The molecule has 0 amide bonds. The Morgan fingerprint density at radius 2 is 0.625 bits per heavy atom. The summed E-state index contributed by atoms with van der Waals surface area (Å²) in [5.41, 5.74) is 0. The fourth-order valence-electron chi connectivity index (χ4n) is 0. The van der Waals surface area contributed by atoms with Crippen molar-refractivity contribution in [3.63, 3.8) is 0 Å². The molecule has 0 saturated heterocycles. The van der Waals surface area contributed by atoms with E-state index in [9.17, 15) is 25.2 Å². The molecule has 0 unspecified atom stereocenters. The maximum absolute atomic E-state index is 10.7. The molecule has 0 fully saturated rings. The van der Waals surface area contributed by atoms with Crippen molar-refractivity contribution >= 4 is 7.81 Å². The van der Waals surface area contributed by atoms with Crippen molar-refractivity contribution in [3.05, 3.63) is 0 Å². The first-order chi connectivity index (χ1) is 2.45. The normalized spacial score (nSPS) is 20.2. The zero-order valence-electron chi connectivity index (χ0n) is 3.05. The van der Waals surface area contributed by atoms with Gasteiger partial charge in [-0.3, -0.25) is 0 Å². The average molecular weight is 248 g/mol. The van der Waals surface area contributed by atoms with Crippen LogP contribution >= 0.6 is 7.81 Å². The smallest absolute Gasteiger partial charge is 0 e. The predicted octanol–water partition coefficient (Wildman–Crippen LogP) is 3.38. The van der Waals surface area contributed by atoms with Gasteiger partial charge in [-0.05, 0) is 0 Å². The summed E-state index contributed by atoms with van der Waals surface area (Å²) in [7, 11) is -10.7. The number of hydrogen-bond donors (Lipinski definition) is 0. The first-order valence-corrected chi connectivity index (χ1v) is 3.04. The van der Waals surface area contributed by atoms with Gasteiger partial charge in [0.1, 0.15) is 0 Å². The van der Waals surface area contributed by atoms with E-state index >= 15 is 0 Å². The van der Waals surface area contributed by atoms with Crippen molar-refractivity contribution in [1.29, 1.82) is 0 Å². The molecule has 0 rings (SSSR count). The van der Waals surface area contributed by atoms with E-state index < -0.39 is 7.81 Å². The zero-order valence-corrected chi connectivity index (χ0v) is 5.58. The fraction of sp³-hybridized carbons (Fsp3) is 0. The van der Waals surface area contributed by atoms with Gasteiger partial charge in [0, 0.05) is 19.5 Å². The minimum absolute atomic E-state index is 0. The molecule has 0 atom stereocenters.